The van der Waals surface area contributed by atoms with Gasteiger partial charge in [0, 0.05) is 5.33 Å². The number of hydrogen-bond donors (Lipinski definition) is 1. The molecule has 0 unspecified atom stereocenters. The van der Waals surface area contributed by atoms with Gasteiger partial charge < -0.3 is 10.1 Å². The Hall–Kier alpha value is -0.100. The van der Waals surface area contributed by atoms with E-state index in [4.69, 9.17) is 0 Å². The maximum absolute atomic E-state index is 11.3. The van der Waals surface area contributed by atoms with E-state index < -0.39 is 5.97 Å². The number of rotatable bonds is 6. The molecule has 0 spiro atoms. The third-order valence-corrected chi connectivity index (χ3v) is 2.69. The van der Waals surface area contributed by atoms with Gasteiger partial charge in [-0.1, -0.05) is 31.9 Å². The Bertz CT molecular complexity index is 199. The highest BCUT2D eigenvalue weighted by Crippen LogP contribution is 2.06. The summed E-state index contributed by atoms with van der Waals surface area (Å²) in [6.07, 6.45) is 0.675. The first-order valence-corrected chi connectivity index (χ1v) is 6.28. The average Bonchev–Trinajstić information content (AvgIpc) is 2.15. The van der Waals surface area contributed by atoms with E-state index in [-0.39, 0.29) is 17.3 Å². The molecule has 6 heteroatoms. The van der Waals surface area contributed by atoms with Crippen molar-refractivity contribution >= 4 is 43.7 Å². The molecule has 0 aliphatic heterocycles. The molecule has 0 bridgehead atoms. The number of halogens is 2. The topological polar surface area (TPSA) is 55.4 Å². The van der Waals surface area contributed by atoms with Crippen LogP contribution in [0.3, 0.4) is 0 Å². The lowest BCUT2D eigenvalue weighted by Crippen LogP contribution is -2.35. The molecule has 0 saturated heterocycles. The minimum atomic E-state index is -0.417. The Labute approximate surface area is 100 Å². The number of esters is 1. The molecular weight excluding hydrogens is 318 g/mol. The molecule has 0 radical (unpaired) electrons. The van der Waals surface area contributed by atoms with Gasteiger partial charge in [-0.2, -0.15) is 0 Å². The molecule has 0 heterocycles. The SMILES string of the molecule is CCOC(=O)CNC(=O)[C@@H](Br)CCBr. The summed E-state index contributed by atoms with van der Waals surface area (Å²) in [6.45, 7) is 1.97. The Balaban J connectivity index is 3.67. The van der Waals surface area contributed by atoms with Gasteiger partial charge in [0.1, 0.15) is 6.54 Å². The molecule has 1 atom stereocenters. The zero-order valence-electron chi connectivity index (χ0n) is 7.89. The molecule has 0 aromatic heterocycles. The molecule has 0 fully saturated rings. The molecule has 0 aliphatic rings. The molecule has 0 aliphatic carbocycles. The smallest absolute Gasteiger partial charge is 0.325 e. The van der Waals surface area contributed by atoms with E-state index in [1.807, 2.05) is 0 Å². The van der Waals surface area contributed by atoms with Crippen molar-refractivity contribution in [3.05, 3.63) is 0 Å². The molecular formula is C8H13Br2NO3. The van der Waals surface area contributed by atoms with E-state index in [0.29, 0.717) is 13.0 Å². The second kappa shape index (κ2) is 8.23. The molecule has 0 aromatic rings. The minimum Gasteiger partial charge on any atom is -0.465 e. The lowest BCUT2D eigenvalue weighted by atomic mass is 10.3. The van der Waals surface area contributed by atoms with Gasteiger partial charge in [0.15, 0.2) is 0 Å². The molecule has 0 rings (SSSR count). The molecule has 82 valence electrons. The van der Waals surface area contributed by atoms with Crippen molar-refractivity contribution in [2.24, 2.45) is 0 Å². The van der Waals surface area contributed by atoms with Gasteiger partial charge in [-0.15, -0.1) is 0 Å². The van der Waals surface area contributed by atoms with Gasteiger partial charge in [0.25, 0.3) is 0 Å². The van der Waals surface area contributed by atoms with Gasteiger partial charge in [-0.05, 0) is 13.3 Å². The number of hydrogen-bond acceptors (Lipinski definition) is 3. The van der Waals surface area contributed by atoms with E-state index in [1.165, 1.54) is 0 Å². The third-order valence-electron chi connectivity index (χ3n) is 1.36. The summed E-state index contributed by atoms with van der Waals surface area (Å²) >= 11 is 6.42. The van der Waals surface area contributed by atoms with Gasteiger partial charge >= 0.3 is 5.97 Å². The van der Waals surface area contributed by atoms with E-state index in [1.54, 1.807) is 6.92 Å². The second-order valence-corrected chi connectivity index (χ2v) is 4.37. The fourth-order valence-corrected chi connectivity index (χ4v) is 2.17. The van der Waals surface area contributed by atoms with Crippen LogP contribution in [0.1, 0.15) is 13.3 Å². The van der Waals surface area contributed by atoms with Crippen LogP contribution < -0.4 is 5.32 Å². The zero-order valence-corrected chi connectivity index (χ0v) is 11.1. The van der Waals surface area contributed by atoms with Crippen molar-refractivity contribution < 1.29 is 14.3 Å². The summed E-state index contributed by atoms with van der Waals surface area (Å²) < 4.78 is 4.65. The van der Waals surface area contributed by atoms with Crippen LogP contribution in [-0.2, 0) is 14.3 Å². The first-order chi connectivity index (χ1) is 6.61. The summed E-state index contributed by atoms with van der Waals surface area (Å²) in [5, 5.41) is 3.20. The number of ether oxygens (including phenoxy) is 1. The van der Waals surface area contributed by atoms with Crippen LogP contribution in [0.15, 0.2) is 0 Å². The number of nitrogens with one attached hydrogen (secondary N) is 1. The van der Waals surface area contributed by atoms with Crippen molar-refractivity contribution in [3.63, 3.8) is 0 Å². The van der Waals surface area contributed by atoms with Crippen LogP contribution in [0.2, 0.25) is 0 Å². The fraction of sp³-hybridized carbons (Fsp3) is 0.750. The Kier molecular flexibility index (Phi) is 8.17. The minimum absolute atomic E-state index is 0.0724. The molecule has 1 amide bonds. The number of carbonyl (C=O) groups is 2. The maximum Gasteiger partial charge on any atom is 0.325 e. The first kappa shape index (κ1) is 13.9. The third kappa shape index (κ3) is 6.37. The maximum atomic E-state index is 11.3. The fourth-order valence-electron chi connectivity index (χ4n) is 0.709. The lowest BCUT2D eigenvalue weighted by Gasteiger charge is -2.08. The molecule has 1 N–H and O–H groups in total. The van der Waals surface area contributed by atoms with Gasteiger partial charge in [-0.3, -0.25) is 9.59 Å². The van der Waals surface area contributed by atoms with Crippen LogP contribution in [0.4, 0.5) is 0 Å². The number of amides is 1. The lowest BCUT2D eigenvalue weighted by molar-refractivity contribution is -0.143. The number of alkyl halides is 2. The Morgan fingerprint density at radius 1 is 1.50 bits per heavy atom. The summed E-state index contributed by atoms with van der Waals surface area (Å²) in [5.74, 6) is -0.614. The average molecular weight is 331 g/mol. The quantitative estimate of drug-likeness (QED) is 0.588. The van der Waals surface area contributed by atoms with E-state index in [0.717, 1.165) is 5.33 Å². The summed E-state index contributed by atoms with van der Waals surface area (Å²) in [6, 6.07) is 0. The van der Waals surface area contributed by atoms with Gasteiger partial charge in [-0.25, -0.2) is 0 Å². The summed E-state index contributed by atoms with van der Waals surface area (Å²) in [7, 11) is 0. The van der Waals surface area contributed by atoms with E-state index in [2.05, 4.69) is 41.9 Å². The van der Waals surface area contributed by atoms with Gasteiger partial charge in [0.2, 0.25) is 5.91 Å². The summed E-state index contributed by atoms with van der Waals surface area (Å²) in [4.78, 5) is 21.9. The zero-order chi connectivity index (χ0) is 11.0. The van der Waals surface area contributed by atoms with E-state index >= 15 is 0 Å². The molecule has 0 saturated carbocycles. The van der Waals surface area contributed by atoms with Crippen LogP contribution in [0.5, 0.6) is 0 Å². The Morgan fingerprint density at radius 2 is 2.14 bits per heavy atom. The second-order valence-electron chi connectivity index (χ2n) is 2.47. The van der Waals surface area contributed by atoms with E-state index in [9.17, 15) is 9.59 Å². The van der Waals surface area contributed by atoms with Crippen molar-refractivity contribution in [1.29, 1.82) is 0 Å². The standard InChI is InChI=1S/C8H13Br2NO3/c1-2-14-7(12)5-11-8(13)6(10)3-4-9/h6H,2-5H2,1H3,(H,11,13)/t6-/m0/s1. The highest BCUT2D eigenvalue weighted by molar-refractivity contribution is 9.10. The van der Waals surface area contributed by atoms with Crippen LogP contribution >= 0.6 is 31.9 Å². The van der Waals surface area contributed by atoms with Crippen molar-refractivity contribution in [2.45, 2.75) is 18.2 Å². The molecule has 4 nitrogen and oxygen atoms in total. The largest absolute Gasteiger partial charge is 0.465 e. The van der Waals surface area contributed by atoms with Crippen molar-refractivity contribution in [1.82, 2.24) is 5.32 Å². The first-order valence-electron chi connectivity index (χ1n) is 4.25. The number of carbonyl (C=O) groups excluding carboxylic acids is 2. The van der Waals surface area contributed by atoms with Crippen molar-refractivity contribution in [2.75, 3.05) is 18.5 Å². The molecule has 14 heavy (non-hydrogen) atoms. The normalized spacial score (nSPS) is 11.9. The van der Waals surface area contributed by atoms with Gasteiger partial charge in [0.05, 0.1) is 11.4 Å². The molecule has 0 aromatic carbocycles. The monoisotopic (exact) mass is 329 g/mol. The highest BCUT2D eigenvalue weighted by atomic mass is 79.9. The van der Waals surface area contributed by atoms with Crippen LogP contribution in [0.25, 0.3) is 0 Å². The van der Waals surface area contributed by atoms with Crippen LogP contribution in [0, 0.1) is 0 Å². The Morgan fingerprint density at radius 3 is 2.64 bits per heavy atom. The van der Waals surface area contributed by atoms with Crippen LogP contribution in [-0.4, -0.2) is 35.2 Å². The summed E-state index contributed by atoms with van der Waals surface area (Å²) in [5.41, 5.74) is 0. The predicted molar refractivity (Wildman–Crippen MR) is 60.8 cm³/mol. The predicted octanol–water partition coefficient (Wildman–Crippen LogP) is 1.21. The van der Waals surface area contributed by atoms with Crippen molar-refractivity contribution in [3.8, 4) is 0 Å². The highest BCUT2D eigenvalue weighted by Gasteiger charge is 2.14.